The number of halogens is 6. The van der Waals surface area contributed by atoms with Crippen LogP contribution in [0.2, 0.25) is 0 Å². The molecule has 0 bridgehead atoms. The Balaban J connectivity index is 1.54. The Morgan fingerprint density at radius 2 is 1.72 bits per heavy atom. The molecule has 5 rings (SSSR count). The van der Waals surface area contributed by atoms with Crippen molar-refractivity contribution in [2.75, 3.05) is 19.6 Å². The smallest absolute Gasteiger partial charge is 0.425 e. The average molecular weight is 686 g/mol. The topological polar surface area (TPSA) is 103 Å². The normalized spacial score (nSPS) is 21.8. The first-order chi connectivity index (χ1) is 22.1. The average Bonchev–Trinajstić information content (AvgIpc) is 3.51. The van der Waals surface area contributed by atoms with E-state index in [2.05, 4.69) is 4.98 Å². The minimum absolute atomic E-state index is 0.00698. The number of aromatic nitrogens is 1. The van der Waals surface area contributed by atoms with Gasteiger partial charge in [0, 0.05) is 49.3 Å². The Kier molecular flexibility index (Phi) is 9.52. The molecule has 15 heteroatoms. The number of likely N-dealkylation sites (tertiary alicyclic amines) is 2. The van der Waals surface area contributed by atoms with E-state index in [0.717, 1.165) is 34.7 Å². The third-order valence-electron chi connectivity index (χ3n) is 8.80. The van der Waals surface area contributed by atoms with Gasteiger partial charge in [0.05, 0.1) is 17.2 Å². The molecule has 2 fully saturated rings. The molecule has 2 aliphatic heterocycles. The highest BCUT2D eigenvalue weighted by Gasteiger charge is 2.56. The van der Waals surface area contributed by atoms with Gasteiger partial charge in [0.25, 0.3) is 11.8 Å². The molecule has 2 N–H and O–H groups in total. The second-order valence-electron chi connectivity index (χ2n) is 11.8. The van der Waals surface area contributed by atoms with Crippen LogP contribution in [0.25, 0.3) is 0 Å². The molecule has 2 saturated heterocycles. The van der Waals surface area contributed by atoms with Crippen LogP contribution in [0, 0.1) is 0 Å². The van der Waals surface area contributed by atoms with E-state index in [1.165, 1.54) is 11.0 Å². The molecule has 0 radical (unpaired) electrons. The van der Waals surface area contributed by atoms with Crippen LogP contribution >= 0.6 is 11.3 Å². The summed E-state index contributed by atoms with van der Waals surface area (Å²) in [6.45, 7) is 1.64. The van der Waals surface area contributed by atoms with E-state index in [0.29, 0.717) is 17.8 Å². The lowest BCUT2D eigenvalue weighted by Gasteiger charge is -2.51. The predicted octanol–water partition coefficient (Wildman–Crippen LogP) is 6.62. The van der Waals surface area contributed by atoms with E-state index >= 15 is 0 Å². The number of hydrogen-bond donors (Lipinski definition) is 2. The van der Waals surface area contributed by atoms with Gasteiger partial charge in [0.2, 0.25) is 5.60 Å². The summed E-state index contributed by atoms with van der Waals surface area (Å²) < 4.78 is 88.6. The van der Waals surface area contributed by atoms with Crippen LogP contribution in [0.4, 0.5) is 26.3 Å². The number of carbonyl (C=O) groups excluding carboxylic acids is 2. The first-order valence-electron chi connectivity index (χ1n) is 15.1. The minimum atomic E-state index is -4.90. The van der Waals surface area contributed by atoms with Crippen molar-refractivity contribution < 1.29 is 50.9 Å². The minimum Gasteiger partial charge on any atom is -0.508 e. The molecule has 4 heterocycles. The lowest BCUT2D eigenvalue weighted by Crippen LogP contribution is -2.68. The molecule has 0 aliphatic carbocycles. The third kappa shape index (κ3) is 6.77. The van der Waals surface area contributed by atoms with Gasteiger partial charge >= 0.3 is 12.4 Å². The number of phenolic OH excluding ortho intramolecular Hbond substituents is 1. The van der Waals surface area contributed by atoms with Crippen molar-refractivity contribution in [2.45, 2.75) is 75.0 Å². The number of piperidine rings is 2. The fourth-order valence-corrected chi connectivity index (χ4v) is 7.24. The number of aliphatic hydroxyl groups is 1. The number of para-hydroxylation sites is 1. The Labute approximate surface area is 270 Å². The number of benzene rings is 1. The molecule has 2 atom stereocenters. The fourth-order valence-electron chi connectivity index (χ4n) is 6.56. The highest BCUT2D eigenvalue weighted by Crippen LogP contribution is 2.44. The summed E-state index contributed by atoms with van der Waals surface area (Å²) >= 11 is 0.366. The van der Waals surface area contributed by atoms with E-state index in [4.69, 9.17) is 4.74 Å². The third-order valence-corrected chi connectivity index (χ3v) is 9.75. The van der Waals surface area contributed by atoms with Gasteiger partial charge in [-0.05, 0) is 43.9 Å². The molecule has 2 amide bonds. The highest BCUT2D eigenvalue weighted by molar-refractivity contribution is 7.10. The van der Waals surface area contributed by atoms with E-state index in [1.54, 1.807) is 25.1 Å². The summed E-state index contributed by atoms with van der Waals surface area (Å²) in [6.07, 6.45) is -8.03. The van der Waals surface area contributed by atoms with Crippen molar-refractivity contribution in [1.29, 1.82) is 0 Å². The van der Waals surface area contributed by atoms with Gasteiger partial charge < -0.3 is 24.7 Å². The predicted molar refractivity (Wildman–Crippen MR) is 159 cm³/mol. The molecule has 1 aromatic carbocycles. The number of amides is 2. The van der Waals surface area contributed by atoms with Crippen molar-refractivity contribution in [2.24, 2.45) is 0 Å². The zero-order chi connectivity index (χ0) is 34.2. The van der Waals surface area contributed by atoms with Gasteiger partial charge in [0.1, 0.15) is 22.1 Å². The molecule has 2 aliphatic rings. The van der Waals surface area contributed by atoms with Crippen LogP contribution in [-0.2, 0) is 22.7 Å². The summed E-state index contributed by atoms with van der Waals surface area (Å²) in [5.41, 5.74) is -5.27. The van der Waals surface area contributed by atoms with Crippen LogP contribution in [0.5, 0.6) is 11.5 Å². The van der Waals surface area contributed by atoms with Gasteiger partial charge in [-0.1, -0.05) is 31.5 Å². The maximum atomic E-state index is 14.6. The Bertz CT molecular complexity index is 1600. The van der Waals surface area contributed by atoms with Gasteiger partial charge in [0.15, 0.2) is 0 Å². The summed E-state index contributed by atoms with van der Waals surface area (Å²) in [4.78, 5) is 33.8. The maximum Gasteiger partial charge on any atom is 0.425 e. The molecule has 254 valence electrons. The molecule has 0 spiro atoms. The Morgan fingerprint density at radius 3 is 2.34 bits per heavy atom. The quantitative estimate of drug-likeness (QED) is 0.271. The standard InChI is InChI=1S/C32H33F6N3O5S/c1-2-7-24-30(46-20-18-25(47-19-20)32(36,37)38,11-6-15-41(24)27(43)26-22(31(33,34)35)9-5-14-39-26)28(44)40-16-12-29(45,13-17-40)21-8-3-4-10-23(21)42/h3-5,8-10,14,18-19,24,42,45H,2,6-7,11-13,15-17H2,1H3/t24-,30+/m1/s1. The maximum absolute atomic E-state index is 14.6. The second-order valence-corrected chi connectivity index (χ2v) is 12.7. The van der Waals surface area contributed by atoms with Crippen LogP contribution < -0.4 is 4.74 Å². The van der Waals surface area contributed by atoms with Crippen molar-refractivity contribution in [3.8, 4) is 11.5 Å². The lowest BCUT2D eigenvalue weighted by molar-refractivity contribution is -0.163. The van der Waals surface area contributed by atoms with Crippen molar-refractivity contribution in [3.05, 3.63) is 75.7 Å². The molecule has 47 heavy (non-hydrogen) atoms. The zero-order valence-electron chi connectivity index (χ0n) is 25.3. The number of pyridine rings is 1. The molecule has 0 saturated carbocycles. The van der Waals surface area contributed by atoms with Crippen LogP contribution in [0.1, 0.15) is 71.9 Å². The number of phenols is 1. The van der Waals surface area contributed by atoms with Crippen molar-refractivity contribution >= 4 is 23.2 Å². The summed E-state index contributed by atoms with van der Waals surface area (Å²) in [6, 6.07) is 7.63. The first kappa shape index (κ1) is 34.5. The van der Waals surface area contributed by atoms with E-state index in [1.807, 2.05) is 0 Å². The summed E-state index contributed by atoms with van der Waals surface area (Å²) in [5.74, 6) is -2.12. The van der Waals surface area contributed by atoms with E-state index < -0.39 is 57.5 Å². The van der Waals surface area contributed by atoms with Crippen molar-refractivity contribution in [1.82, 2.24) is 14.8 Å². The number of nitrogens with zero attached hydrogens (tertiary/aromatic N) is 3. The molecule has 3 aromatic rings. The highest BCUT2D eigenvalue weighted by atomic mass is 32.1. The number of hydrogen-bond acceptors (Lipinski definition) is 7. The molecule has 2 aromatic heterocycles. The number of aromatic hydroxyl groups is 1. The number of carbonyl (C=O) groups is 2. The number of rotatable bonds is 7. The number of alkyl halides is 6. The molecule has 8 nitrogen and oxygen atoms in total. The van der Waals surface area contributed by atoms with Crippen molar-refractivity contribution in [3.63, 3.8) is 0 Å². The summed E-state index contributed by atoms with van der Waals surface area (Å²) in [5, 5.41) is 22.9. The largest absolute Gasteiger partial charge is 0.508 e. The van der Waals surface area contributed by atoms with Gasteiger partial charge in [-0.3, -0.25) is 14.6 Å². The zero-order valence-corrected chi connectivity index (χ0v) is 26.1. The Hall–Kier alpha value is -3.85. The van der Waals surface area contributed by atoms with E-state index in [-0.39, 0.29) is 68.8 Å². The van der Waals surface area contributed by atoms with Gasteiger partial charge in [-0.25, -0.2) is 0 Å². The Morgan fingerprint density at radius 1 is 1.02 bits per heavy atom. The summed E-state index contributed by atoms with van der Waals surface area (Å²) in [7, 11) is 0. The van der Waals surface area contributed by atoms with Crippen LogP contribution in [-0.4, -0.2) is 68.1 Å². The lowest BCUT2D eigenvalue weighted by atomic mass is 9.78. The van der Waals surface area contributed by atoms with Crippen LogP contribution in [0.15, 0.2) is 54.0 Å². The van der Waals surface area contributed by atoms with Gasteiger partial charge in [-0.2, -0.15) is 26.3 Å². The number of thiophene rings is 1. The van der Waals surface area contributed by atoms with E-state index in [9.17, 15) is 46.1 Å². The first-order valence-corrected chi connectivity index (χ1v) is 16.0. The molecular formula is C32H33F6N3O5S. The molecule has 0 unspecified atom stereocenters. The number of ether oxygens (including phenoxy) is 1. The van der Waals surface area contributed by atoms with Crippen LogP contribution in [0.3, 0.4) is 0 Å². The monoisotopic (exact) mass is 685 g/mol. The second kappa shape index (κ2) is 13.0. The molecular weight excluding hydrogens is 652 g/mol. The fraction of sp³-hybridized carbons (Fsp3) is 0.469. The van der Waals surface area contributed by atoms with Gasteiger partial charge in [-0.15, -0.1) is 11.3 Å². The SMILES string of the molecule is CCC[C@H]1N(C(=O)c2ncccc2C(F)(F)F)CCC[C@@]1(Oc1csc(C(F)(F)F)c1)C(=O)N1CCC(O)(c2ccccc2O)CC1.